The third-order valence-corrected chi connectivity index (χ3v) is 3.12. The first-order valence-electron chi connectivity index (χ1n) is 5.25. The van der Waals surface area contributed by atoms with Gasteiger partial charge >= 0.3 is 0 Å². The minimum absolute atomic E-state index is 0.0199. The molecule has 8 heteroatoms. The van der Waals surface area contributed by atoms with Gasteiger partial charge in [0.25, 0.3) is 11.6 Å². The third kappa shape index (κ3) is 2.91. The number of nitrogens with one attached hydrogen (secondary N) is 2. The Kier molecular flexibility index (Phi) is 3.81. The number of nitrogens with zero attached hydrogens (tertiary/aromatic N) is 2. The van der Waals surface area contributed by atoms with Crippen LogP contribution in [-0.2, 0) is 0 Å². The van der Waals surface area contributed by atoms with E-state index in [0.717, 1.165) is 4.90 Å². The van der Waals surface area contributed by atoms with E-state index in [-0.39, 0.29) is 11.3 Å². The fraction of sp³-hybridized carbons (Fsp3) is 0.0909. The number of aromatic nitrogens is 2. The van der Waals surface area contributed by atoms with E-state index in [9.17, 15) is 14.9 Å². The molecule has 1 aromatic heterocycles. The lowest BCUT2D eigenvalue weighted by molar-refractivity contribution is -0.385. The molecule has 98 valence electrons. The normalized spacial score (nSPS) is 10.2. The monoisotopic (exact) mass is 278 g/mol. The first-order chi connectivity index (χ1) is 9.11. The topological polar surface area (TPSA) is 101 Å². The number of aromatic amines is 1. The van der Waals surface area contributed by atoms with Crippen molar-refractivity contribution in [2.24, 2.45) is 0 Å². The Bertz CT molecular complexity index is 612. The lowest BCUT2D eigenvalue weighted by Gasteiger charge is -2.05. The molecule has 0 fully saturated rings. The van der Waals surface area contributed by atoms with E-state index in [4.69, 9.17) is 0 Å². The smallest absolute Gasteiger partial charge is 0.282 e. The summed E-state index contributed by atoms with van der Waals surface area (Å²) < 4.78 is 0. The van der Waals surface area contributed by atoms with E-state index in [0.29, 0.717) is 5.82 Å². The van der Waals surface area contributed by atoms with E-state index in [1.165, 1.54) is 30.1 Å². The zero-order valence-corrected chi connectivity index (χ0v) is 10.7. The molecular formula is C11H10N4O3S. The van der Waals surface area contributed by atoms with E-state index < -0.39 is 10.8 Å². The summed E-state index contributed by atoms with van der Waals surface area (Å²) in [4.78, 5) is 23.2. The van der Waals surface area contributed by atoms with Crippen LogP contribution in [0, 0.1) is 10.1 Å². The summed E-state index contributed by atoms with van der Waals surface area (Å²) >= 11 is 1.41. The molecule has 1 amide bonds. The van der Waals surface area contributed by atoms with Crippen LogP contribution in [0.5, 0.6) is 0 Å². The van der Waals surface area contributed by atoms with Crippen LogP contribution in [0.15, 0.2) is 35.4 Å². The Balaban J connectivity index is 2.35. The van der Waals surface area contributed by atoms with Crippen molar-refractivity contribution in [3.8, 4) is 0 Å². The van der Waals surface area contributed by atoms with Gasteiger partial charge in [-0.05, 0) is 18.4 Å². The maximum Gasteiger partial charge on any atom is 0.282 e. The van der Waals surface area contributed by atoms with Crippen molar-refractivity contribution >= 4 is 29.2 Å². The average Bonchev–Trinajstić information content (AvgIpc) is 2.90. The minimum Gasteiger partial charge on any atom is -0.307 e. The summed E-state index contributed by atoms with van der Waals surface area (Å²) in [5.41, 5.74) is -0.207. The van der Waals surface area contributed by atoms with Gasteiger partial charge in [-0.25, -0.2) is 0 Å². The van der Waals surface area contributed by atoms with Crippen molar-refractivity contribution in [3.63, 3.8) is 0 Å². The second kappa shape index (κ2) is 5.53. The molecule has 0 aliphatic rings. The number of nitro groups is 1. The third-order valence-electron chi connectivity index (χ3n) is 2.39. The molecule has 0 bridgehead atoms. The number of hydrogen-bond acceptors (Lipinski definition) is 5. The van der Waals surface area contributed by atoms with Crippen molar-refractivity contribution in [2.45, 2.75) is 4.90 Å². The van der Waals surface area contributed by atoms with Gasteiger partial charge in [0.2, 0.25) is 0 Å². The molecule has 2 rings (SSSR count). The largest absolute Gasteiger partial charge is 0.307 e. The highest BCUT2D eigenvalue weighted by Gasteiger charge is 2.20. The van der Waals surface area contributed by atoms with E-state index in [2.05, 4.69) is 15.5 Å². The number of hydrogen-bond donors (Lipinski definition) is 2. The van der Waals surface area contributed by atoms with Crippen LogP contribution in [0.1, 0.15) is 10.4 Å². The van der Waals surface area contributed by atoms with Gasteiger partial charge in [-0.3, -0.25) is 20.0 Å². The lowest BCUT2D eigenvalue weighted by atomic mass is 10.1. The van der Waals surface area contributed by atoms with Gasteiger partial charge in [0.15, 0.2) is 0 Å². The van der Waals surface area contributed by atoms with Crippen molar-refractivity contribution < 1.29 is 9.72 Å². The second-order valence-electron chi connectivity index (χ2n) is 3.56. The van der Waals surface area contributed by atoms with E-state index >= 15 is 0 Å². The Hall–Kier alpha value is -2.35. The maximum absolute atomic E-state index is 12.0. The first kappa shape index (κ1) is 13.1. The van der Waals surface area contributed by atoms with E-state index in [1.807, 2.05) is 6.26 Å². The van der Waals surface area contributed by atoms with Gasteiger partial charge < -0.3 is 5.32 Å². The number of carbonyl (C=O) groups is 1. The SMILES string of the molecule is CSc1ccc([N+](=O)[O-])c(C(=O)Nc2ccn[nH]2)c1. The lowest BCUT2D eigenvalue weighted by Crippen LogP contribution is -2.14. The Morgan fingerprint density at radius 2 is 2.26 bits per heavy atom. The summed E-state index contributed by atoms with van der Waals surface area (Å²) in [6.07, 6.45) is 3.31. The molecule has 1 heterocycles. The number of nitro benzene ring substituents is 1. The number of benzene rings is 1. The van der Waals surface area contributed by atoms with Gasteiger partial charge in [0.1, 0.15) is 11.4 Å². The standard InChI is InChI=1S/C11H10N4O3S/c1-19-7-2-3-9(15(17)18)8(6-7)11(16)13-10-4-5-12-14-10/h2-6H,1H3,(H2,12,13,14,16). The number of rotatable bonds is 4. The van der Waals surface area contributed by atoms with Crippen LogP contribution in [0.2, 0.25) is 0 Å². The van der Waals surface area contributed by atoms with Crippen molar-refractivity contribution in [3.05, 3.63) is 46.1 Å². The molecule has 0 radical (unpaired) electrons. The molecule has 2 aromatic rings. The van der Waals surface area contributed by atoms with Crippen LogP contribution in [0.3, 0.4) is 0 Å². The summed E-state index contributed by atoms with van der Waals surface area (Å²) in [5, 5.41) is 19.7. The molecule has 0 aliphatic carbocycles. The molecule has 0 atom stereocenters. The van der Waals surface area contributed by atoms with Crippen LogP contribution in [-0.4, -0.2) is 27.3 Å². The number of anilines is 1. The molecule has 2 N–H and O–H groups in total. The molecule has 0 spiro atoms. The molecular weight excluding hydrogens is 268 g/mol. The summed E-state index contributed by atoms with van der Waals surface area (Å²) in [6.45, 7) is 0. The first-order valence-corrected chi connectivity index (χ1v) is 6.47. The molecule has 1 aromatic carbocycles. The van der Waals surface area contributed by atoms with Gasteiger partial charge in [-0.1, -0.05) is 0 Å². The van der Waals surface area contributed by atoms with Gasteiger partial charge in [-0.2, -0.15) is 5.10 Å². The number of carbonyl (C=O) groups excluding carboxylic acids is 1. The zero-order valence-electron chi connectivity index (χ0n) is 9.91. The van der Waals surface area contributed by atoms with Crippen LogP contribution in [0.4, 0.5) is 11.5 Å². The number of H-pyrrole nitrogens is 1. The molecule has 0 saturated heterocycles. The number of thioether (sulfide) groups is 1. The van der Waals surface area contributed by atoms with E-state index in [1.54, 1.807) is 12.1 Å². The van der Waals surface area contributed by atoms with Crippen molar-refractivity contribution in [2.75, 3.05) is 11.6 Å². The average molecular weight is 278 g/mol. The molecule has 0 saturated carbocycles. The Labute approximate surface area is 112 Å². The highest BCUT2D eigenvalue weighted by Crippen LogP contribution is 2.25. The van der Waals surface area contributed by atoms with Gasteiger partial charge in [0, 0.05) is 17.0 Å². The maximum atomic E-state index is 12.0. The van der Waals surface area contributed by atoms with Crippen LogP contribution >= 0.6 is 11.8 Å². The van der Waals surface area contributed by atoms with Crippen LogP contribution in [0.25, 0.3) is 0 Å². The predicted octanol–water partition coefficient (Wildman–Crippen LogP) is 2.29. The molecule has 19 heavy (non-hydrogen) atoms. The number of amides is 1. The van der Waals surface area contributed by atoms with Crippen LogP contribution < -0.4 is 5.32 Å². The minimum atomic E-state index is -0.577. The fourth-order valence-corrected chi connectivity index (χ4v) is 1.94. The quantitative estimate of drug-likeness (QED) is 0.507. The Morgan fingerprint density at radius 3 is 2.84 bits per heavy atom. The highest BCUT2D eigenvalue weighted by molar-refractivity contribution is 7.98. The van der Waals surface area contributed by atoms with Gasteiger partial charge in [0.05, 0.1) is 11.1 Å². The second-order valence-corrected chi connectivity index (χ2v) is 4.44. The summed E-state index contributed by atoms with van der Waals surface area (Å²) in [6, 6.07) is 5.99. The molecule has 0 unspecified atom stereocenters. The fourth-order valence-electron chi connectivity index (χ4n) is 1.50. The zero-order chi connectivity index (χ0) is 13.8. The summed E-state index contributed by atoms with van der Waals surface area (Å²) in [5.74, 6) is -0.166. The van der Waals surface area contributed by atoms with Gasteiger partial charge in [-0.15, -0.1) is 11.8 Å². The Morgan fingerprint density at radius 1 is 1.47 bits per heavy atom. The predicted molar refractivity (Wildman–Crippen MR) is 71.4 cm³/mol. The summed E-state index contributed by atoms with van der Waals surface area (Å²) in [7, 11) is 0. The van der Waals surface area contributed by atoms with Crippen molar-refractivity contribution in [1.82, 2.24) is 10.2 Å². The van der Waals surface area contributed by atoms with Crippen molar-refractivity contribution in [1.29, 1.82) is 0 Å². The molecule has 0 aliphatic heterocycles. The highest BCUT2D eigenvalue weighted by atomic mass is 32.2. The molecule has 7 nitrogen and oxygen atoms in total.